The standard InChI is InChI=1S/C15H14FN5O3S/c1-8-12(13(22)18-14-19-15(23-2)21-20-14)25-11(17-8)7-24-10-5-3-9(16)4-6-10/h3-6H,7H2,1-2H3,(H2,18,19,20,21,22). The maximum Gasteiger partial charge on any atom is 0.336 e. The van der Waals surface area contributed by atoms with Crippen molar-refractivity contribution >= 4 is 23.2 Å². The Bertz CT molecular complexity index is 878. The van der Waals surface area contributed by atoms with Crippen LogP contribution in [0.5, 0.6) is 11.8 Å². The number of rotatable bonds is 6. The Labute approximate surface area is 146 Å². The lowest BCUT2D eigenvalue weighted by Gasteiger charge is -2.03. The summed E-state index contributed by atoms with van der Waals surface area (Å²) >= 11 is 1.21. The summed E-state index contributed by atoms with van der Waals surface area (Å²) in [6.45, 7) is 1.91. The maximum atomic E-state index is 12.9. The molecule has 8 nitrogen and oxygen atoms in total. The molecule has 0 atom stereocenters. The van der Waals surface area contributed by atoms with Crippen molar-refractivity contribution in [1.82, 2.24) is 20.2 Å². The van der Waals surface area contributed by atoms with Crippen LogP contribution in [0.4, 0.5) is 10.3 Å². The minimum atomic E-state index is -0.359. The molecule has 2 heterocycles. The Hall–Kier alpha value is -3.01. The Morgan fingerprint density at radius 2 is 2.08 bits per heavy atom. The van der Waals surface area contributed by atoms with Gasteiger partial charge in [0.15, 0.2) is 0 Å². The van der Waals surface area contributed by atoms with E-state index in [0.717, 1.165) is 0 Å². The number of amides is 1. The summed E-state index contributed by atoms with van der Waals surface area (Å²) < 4.78 is 23.2. The number of nitrogens with one attached hydrogen (secondary N) is 2. The number of carbonyl (C=O) groups is 1. The summed E-state index contributed by atoms with van der Waals surface area (Å²) in [7, 11) is 1.43. The zero-order valence-electron chi connectivity index (χ0n) is 13.4. The predicted octanol–water partition coefficient (Wildman–Crippen LogP) is 2.55. The lowest BCUT2D eigenvalue weighted by Crippen LogP contribution is -2.12. The molecule has 0 unspecified atom stereocenters. The van der Waals surface area contributed by atoms with Crippen molar-refractivity contribution in [3.05, 3.63) is 45.7 Å². The van der Waals surface area contributed by atoms with Crippen LogP contribution in [0, 0.1) is 12.7 Å². The van der Waals surface area contributed by atoms with Gasteiger partial charge in [0.25, 0.3) is 5.91 Å². The van der Waals surface area contributed by atoms with Crippen LogP contribution in [-0.2, 0) is 6.61 Å². The van der Waals surface area contributed by atoms with Crippen molar-refractivity contribution in [2.24, 2.45) is 0 Å². The lowest BCUT2D eigenvalue weighted by molar-refractivity contribution is 0.102. The minimum absolute atomic E-state index is 0.129. The second kappa shape index (κ2) is 7.26. The number of halogens is 1. The normalized spacial score (nSPS) is 10.5. The van der Waals surface area contributed by atoms with Crippen molar-refractivity contribution < 1.29 is 18.7 Å². The lowest BCUT2D eigenvalue weighted by atomic mass is 10.3. The van der Waals surface area contributed by atoms with E-state index < -0.39 is 0 Å². The molecule has 0 aliphatic heterocycles. The number of aryl methyl sites for hydroxylation is 1. The fourth-order valence-electron chi connectivity index (χ4n) is 1.96. The molecule has 2 N–H and O–H groups in total. The highest BCUT2D eigenvalue weighted by Gasteiger charge is 2.17. The molecule has 0 spiro atoms. The first-order chi connectivity index (χ1) is 12.0. The third-order valence-corrected chi connectivity index (χ3v) is 4.23. The van der Waals surface area contributed by atoms with Crippen LogP contribution in [-0.4, -0.2) is 33.2 Å². The Balaban J connectivity index is 1.64. The fraction of sp³-hybridized carbons (Fsp3) is 0.200. The quantitative estimate of drug-likeness (QED) is 0.698. The molecule has 0 aliphatic rings. The van der Waals surface area contributed by atoms with Gasteiger partial charge in [-0.1, -0.05) is 0 Å². The average molecular weight is 363 g/mol. The van der Waals surface area contributed by atoms with Crippen molar-refractivity contribution in [2.75, 3.05) is 12.4 Å². The highest BCUT2D eigenvalue weighted by molar-refractivity contribution is 7.13. The summed E-state index contributed by atoms with van der Waals surface area (Å²) in [5, 5.41) is 9.51. The molecule has 3 rings (SSSR count). The number of H-pyrrole nitrogens is 1. The summed E-state index contributed by atoms with van der Waals surface area (Å²) in [5.74, 6) is 0.00931. The molecule has 0 aliphatic carbocycles. The fourth-order valence-corrected chi connectivity index (χ4v) is 2.83. The molecule has 0 bridgehead atoms. The molecule has 1 aromatic carbocycles. The van der Waals surface area contributed by atoms with Crippen LogP contribution in [0.25, 0.3) is 0 Å². The summed E-state index contributed by atoms with van der Waals surface area (Å²) in [6, 6.07) is 5.81. The number of hydrogen-bond donors (Lipinski definition) is 2. The average Bonchev–Trinajstić information content (AvgIpc) is 3.20. The number of thiazole rings is 1. The van der Waals surface area contributed by atoms with Crippen LogP contribution in [0.15, 0.2) is 24.3 Å². The third kappa shape index (κ3) is 4.10. The van der Waals surface area contributed by atoms with E-state index in [1.54, 1.807) is 6.92 Å². The van der Waals surface area contributed by atoms with Gasteiger partial charge in [-0.2, -0.15) is 4.98 Å². The summed E-state index contributed by atoms with van der Waals surface area (Å²) in [6.07, 6.45) is 0. The van der Waals surface area contributed by atoms with Gasteiger partial charge in [0.2, 0.25) is 5.95 Å². The van der Waals surface area contributed by atoms with Crippen LogP contribution >= 0.6 is 11.3 Å². The molecular formula is C15H14FN5O3S. The molecule has 25 heavy (non-hydrogen) atoms. The SMILES string of the molecule is COc1n[nH]c(NC(=O)c2sc(COc3ccc(F)cc3)nc2C)n1. The maximum absolute atomic E-state index is 12.9. The Morgan fingerprint density at radius 3 is 2.76 bits per heavy atom. The number of ether oxygens (including phenoxy) is 2. The molecule has 1 amide bonds. The van der Waals surface area contributed by atoms with Gasteiger partial charge in [0, 0.05) is 0 Å². The largest absolute Gasteiger partial charge is 0.486 e. The van der Waals surface area contributed by atoms with Gasteiger partial charge in [0.1, 0.15) is 28.1 Å². The summed E-state index contributed by atoms with van der Waals surface area (Å²) in [5.41, 5.74) is 0.576. The van der Waals surface area contributed by atoms with Gasteiger partial charge in [-0.05, 0) is 31.2 Å². The van der Waals surface area contributed by atoms with E-state index in [-0.39, 0.29) is 30.3 Å². The number of hydrogen-bond acceptors (Lipinski definition) is 7. The minimum Gasteiger partial charge on any atom is -0.486 e. The van der Waals surface area contributed by atoms with Gasteiger partial charge in [-0.15, -0.1) is 16.4 Å². The van der Waals surface area contributed by atoms with Crippen molar-refractivity contribution in [3.63, 3.8) is 0 Å². The molecule has 0 saturated carbocycles. The van der Waals surface area contributed by atoms with Crippen molar-refractivity contribution in [3.8, 4) is 11.8 Å². The van der Waals surface area contributed by atoms with Crippen LogP contribution in [0.2, 0.25) is 0 Å². The second-order valence-corrected chi connectivity index (χ2v) is 5.97. The van der Waals surface area contributed by atoms with Crippen molar-refractivity contribution in [2.45, 2.75) is 13.5 Å². The van der Waals surface area contributed by atoms with Gasteiger partial charge >= 0.3 is 6.01 Å². The van der Waals surface area contributed by atoms with Crippen LogP contribution in [0.3, 0.4) is 0 Å². The topological polar surface area (TPSA) is 102 Å². The number of anilines is 1. The highest BCUT2D eigenvalue weighted by Crippen LogP contribution is 2.21. The molecule has 0 saturated heterocycles. The van der Waals surface area contributed by atoms with E-state index in [1.807, 2.05) is 0 Å². The molecule has 2 aromatic heterocycles. The third-order valence-electron chi connectivity index (χ3n) is 3.10. The van der Waals surface area contributed by atoms with E-state index in [9.17, 15) is 9.18 Å². The summed E-state index contributed by atoms with van der Waals surface area (Å²) in [4.78, 5) is 21.0. The van der Waals surface area contributed by atoms with Crippen LogP contribution < -0.4 is 14.8 Å². The monoisotopic (exact) mass is 363 g/mol. The number of benzene rings is 1. The second-order valence-electron chi connectivity index (χ2n) is 4.89. The first-order valence-electron chi connectivity index (χ1n) is 7.17. The Kier molecular flexibility index (Phi) is 4.89. The highest BCUT2D eigenvalue weighted by atomic mass is 32.1. The van der Waals surface area contributed by atoms with Crippen LogP contribution in [0.1, 0.15) is 20.4 Å². The zero-order chi connectivity index (χ0) is 17.8. The van der Waals surface area contributed by atoms with E-state index in [2.05, 4.69) is 25.5 Å². The first kappa shape index (κ1) is 16.8. The number of methoxy groups -OCH3 is 1. The smallest absolute Gasteiger partial charge is 0.336 e. The first-order valence-corrected chi connectivity index (χ1v) is 7.99. The molecule has 130 valence electrons. The van der Waals surface area contributed by atoms with E-state index in [0.29, 0.717) is 21.3 Å². The number of nitrogens with zero attached hydrogens (tertiary/aromatic N) is 3. The molecule has 3 aromatic rings. The van der Waals surface area contributed by atoms with E-state index >= 15 is 0 Å². The Morgan fingerprint density at radius 1 is 1.32 bits per heavy atom. The number of aromatic nitrogens is 4. The number of aromatic amines is 1. The zero-order valence-corrected chi connectivity index (χ0v) is 14.2. The molecule has 0 radical (unpaired) electrons. The molecular weight excluding hydrogens is 349 g/mol. The van der Waals surface area contributed by atoms with Gasteiger partial charge in [0.05, 0.1) is 12.8 Å². The van der Waals surface area contributed by atoms with Gasteiger partial charge in [-0.25, -0.2) is 14.5 Å². The molecule has 0 fully saturated rings. The van der Waals surface area contributed by atoms with E-state index in [1.165, 1.54) is 42.7 Å². The predicted molar refractivity (Wildman–Crippen MR) is 88.5 cm³/mol. The van der Waals surface area contributed by atoms with Crippen molar-refractivity contribution in [1.29, 1.82) is 0 Å². The van der Waals surface area contributed by atoms with Gasteiger partial charge in [-0.3, -0.25) is 10.1 Å². The van der Waals surface area contributed by atoms with E-state index in [4.69, 9.17) is 9.47 Å². The van der Waals surface area contributed by atoms with Gasteiger partial charge < -0.3 is 9.47 Å². The number of carbonyl (C=O) groups excluding carboxylic acids is 1. The molecule has 10 heteroatoms.